The van der Waals surface area contributed by atoms with Crippen LogP contribution < -0.4 is 5.01 Å². The summed E-state index contributed by atoms with van der Waals surface area (Å²) in [7, 11) is 0. The molecule has 0 aliphatic carbocycles. The zero-order valence-corrected chi connectivity index (χ0v) is 8.88. The Morgan fingerprint density at radius 3 is 3.14 bits per heavy atom. The number of hydrogen-bond donors (Lipinski definition) is 0. The van der Waals surface area contributed by atoms with Crippen LogP contribution in [0, 0.1) is 11.8 Å². The maximum Gasteiger partial charge on any atom is 0.0764 e. The van der Waals surface area contributed by atoms with Crippen molar-refractivity contribution in [3.63, 3.8) is 0 Å². The molecule has 0 atom stereocenters. The van der Waals surface area contributed by atoms with Crippen molar-refractivity contribution in [2.45, 2.75) is 18.2 Å². The first kappa shape index (κ1) is 9.52. The van der Waals surface area contributed by atoms with Gasteiger partial charge in [-0.2, -0.15) is 0 Å². The summed E-state index contributed by atoms with van der Waals surface area (Å²) < 4.78 is 0. The van der Waals surface area contributed by atoms with Crippen molar-refractivity contribution in [2.75, 3.05) is 17.3 Å². The molecule has 1 aliphatic rings. The number of hydrogen-bond acceptors (Lipinski definition) is 3. The standard InChI is InChI=1S/C10H12N2OS/c1-8-4-2-5-9-10(8)14-7-3-6-12(9)11-13/h2,4-5H,3,6-7H2,1H3. The lowest BCUT2D eigenvalue weighted by Gasteiger charge is -2.15. The van der Waals surface area contributed by atoms with Crippen LogP contribution in [0.4, 0.5) is 5.69 Å². The molecule has 0 fully saturated rings. The highest BCUT2D eigenvalue weighted by Crippen LogP contribution is 2.36. The fourth-order valence-electron chi connectivity index (χ4n) is 1.62. The number of thioether (sulfide) groups is 1. The van der Waals surface area contributed by atoms with Crippen molar-refractivity contribution in [1.29, 1.82) is 0 Å². The molecule has 0 amide bonds. The van der Waals surface area contributed by atoms with E-state index >= 15 is 0 Å². The first-order valence-electron chi connectivity index (χ1n) is 4.66. The van der Waals surface area contributed by atoms with Crippen LogP contribution >= 0.6 is 11.8 Å². The van der Waals surface area contributed by atoms with Gasteiger partial charge in [0.1, 0.15) is 0 Å². The van der Waals surface area contributed by atoms with Crippen LogP contribution in [0.25, 0.3) is 0 Å². The van der Waals surface area contributed by atoms with Crippen LogP contribution in [0.1, 0.15) is 12.0 Å². The molecule has 4 heteroatoms. The highest BCUT2D eigenvalue weighted by Gasteiger charge is 2.17. The van der Waals surface area contributed by atoms with Gasteiger partial charge in [0.15, 0.2) is 0 Å². The Morgan fingerprint density at radius 2 is 2.36 bits per heavy atom. The molecule has 0 aromatic heterocycles. The van der Waals surface area contributed by atoms with Gasteiger partial charge in [0.05, 0.1) is 11.0 Å². The Bertz CT molecular complexity index is 354. The second-order valence-corrected chi connectivity index (χ2v) is 4.44. The fourth-order valence-corrected chi connectivity index (χ4v) is 2.72. The smallest absolute Gasteiger partial charge is 0.0764 e. The number of rotatable bonds is 1. The normalized spacial score (nSPS) is 15.9. The Labute approximate surface area is 87.4 Å². The third-order valence-corrected chi connectivity index (χ3v) is 3.64. The Balaban J connectivity index is 2.49. The lowest BCUT2D eigenvalue weighted by atomic mass is 10.2. The number of benzene rings is 1. The average molecular weight is 208 g/mol. The van der Waals surface area contributed by atoms with Crippen LogP contribution in [-0.4, -0.2) is 12.3 Å². The predicted octanol–water partition coefficient (Wildman–Crippen LogP) is 2.98. The van der Waals surface area contributed by atoms with E-state index in [9.17, 15) is 4.91 Å². The van der Waals surface area contributed by atoms with Gasteiger partial charge in [-0.05, 0) is 30.7 Å². The maximum atomic E-state index is 10.7. The zero-order chi connectivity index (χ0) is 9.97. The van der Waals surface area contributed by atoms with Gasteiger partial charge in [-0.3, -0.25) is 0 Å². The number of fused-ring (bicyclic) bond motifs is 1. The highest BCUT2D eigenvalue weighted by atomic mass is 32.2. The molecule has 0 saturated heterocycles. The van der Waals surface area contributed by atoms with Gasteiger partial charge in [0, 0.05) is 11.4 Å². The summed E-state index contributed by atoms with van der Waals surface area (Å²) in [6.07, 6.45) is 1.00. The SMILES string of the molecule is Cc1cccc2c1SCCCN2N=O. The summed E-state index contributed by atoms with van der Waals surface area (Å²) in [5.74, 6) is 1.06. The predicted molar refractivity (Wildman–Crippen MR) is 59.7 cm³/mol. The molecule has 0 radical (unpaired) electrons. The number of anilines is 1. The summed E-state index contributed by atoms with van der Waals surface area (Å²) in [6.45, 7) is 2.80. The van der Waals surface area contributed by atoms with Gasteiger partial charge >= 0.3 is 0 Å². The molecule has 0 saturated carbocycles. The second-order valence-electron chi connectivity index (χ2n) is 3.33. The molecule has 2 rings (SSSR count). The van der Waals surface area contributed by atoms with E-state index in [1.54, 1.807) is 5.01 Å². The molecule has 74 valence electrons. The third-order valence-electron chi connectivity index (χ3n) is 2.33. The monoisotopic (exact) mass is 208 g/mol. The quantitative estimate of drug-likeness (QED) is 0.665. The van der Waals surface area contributed by atoms with E-state index in [2.05, 4.69) is 18.3 Å². The van der Waals surface area contributed by atoms with Crippen LogP contribution in [0.15, 0.2) is 28.4 Å². The van der Waals surface area contributed by atoms with Gasteiger partial charge in [-0.25, -0.2) is 5.01 Å². The molecule has 0 spiro atoms. The van der Waals surface area contributed by atoms with E-state index in [0.717, 1.165) is 24.4 Å². The summed E-state index contributed by atoms with van der Waals surface area (Å²) in [5, 5.41) is 4.62. The number of nitroso groups, excluding NO2 is 1. The molecule has 1 aromatic carbocycles. The van der Waals surface area contributed by atoms with E-state index in [1.807, 2.05) is 23.9 Å². The molecule has 1 aromatic rings. The van der Waals surface area contributed by atoms with Crippen LogP contribution in [0.5, 0.6) is 0 Å². The van der Waals surface area contributed by atoms with Gasteiger partial charge in [-0.1, -0.05) is 12.1 Å². The first-order chi connectivity index (χ1) is 6.83. The van der Waals surface area contributed by atoms with Crippen molar-refractivity contribution in [3.8, 4) is 0 Å². The van der Waals surface area contributed by atoms with Gasteiger partial charge in [0.25, 0.3) is 0 Å². The van der Waals surface area contributed by atoms with Crippen molar-refractivity contribution in [2.24, 2.45) is 5.29 Å². The third kappa shape index (κ3) is 1.62. The molecule has 1 heterocycles. The van der Waals surface area contributed by atoms with Crippen molar-refractivity contribution >= 4 is 17.4 Å². The summed E-state index contributed by atoms with van der Waals surface area (Å²) >= 11 is 1.81. The minimum Gasteiger partial charge on any atom is -0.228 e. The first-order valence-corrected chi connectivity index (χ1v) is 5.64. The maximum absolute atomic E-state index is 10.7. The Kier molecular flexibility index (Phi) is 2.72. The van der Waals surface area contributed by atoms with Crippen LogP contribution in [0.3, 0.4) is 0 Å². The minimum absolute atomic E-state index is 0.729. The number of aryl methyl sites for hydroxylation is 1. The average Bonchev–Trinajstić information content (AvgIpc) is 2.40. The van der Waals surface area contributed by atoms with E-state index in [-0.39, 0.29) is 0 Å². The molecular weight excluding hydrogens is 196 g/mol. The highest BCUT2D eigenvalue weighted by molar-refractivity contribution is 7.99. The summed E-state index contributed by atoms with van der Waals surface area (Å²) in [5.41, 5.74) is 2.19. The van der Waals surface area contributed by atoms with Crippen molar-refractivity contribution in [1.82, 2.24) is 0 Å². The molecule has 0 N–H and O–H groups in total. The van der Waals surface area contributed by atoms with E-state index in [4.69, 9.17) is 0 Å². The topological polar surface area (TPSA) is 32.7 Å². The molecular formula is C10H12N2OS. The second kappa shape index (κ2) is 4.00. The molecule has 0 bridgehead atoms. The Hall–Kier alpha value is -1.03. The lowest BCUT2D eigenvalue weighted by Crippen LogP contribution is -2.16. The number of nitrogens with zero attached hydrogens (tertiary/aromatic N) is 2. The van der Waals surface area contributed by atoms with Gasteiger partial charge < -0.3 is 0 Å². The fraction of sp³-hybridized carbons (Fsp3) is 0.400. The minimum atomic E-state index is 0.729. The van der Waals surface area contributed by atoms with E-state index in [0.29, 0.717) is 0 Å². The lowest BCUT2D eigenvalue weighted by molar-refractivity contribution is 0.807. The molecule has 1 aliphatic heterocycles. The van der Waals surface area contributed by atoms with E-state index in [1.165, 1.54) is 10.5 Å². The summed E-state index contributed by atoms with van der Waals surface area (Å²) in [4.78, 5) is 11.9. The summed E-state index contributed by atoms with van der Waals surface area (Å²) in [6, 6.07) is 6.00. The molecule has 0 unspecified atom stereocenters. The molecule has 3 nitrogen and oxygen atoms in total. The molecule has 14 heavy (non-hydrogen) atoms. The van der Waals surface area contributed by atoms with Crippen LogP contribution in [-0.2, 0) is 0 Å². The van der Waals surface area contributed by atoms with Gasteiger partial charge in [0.2, 0.25) is 0 Å². The Morgan fingerprint density at radius 1 is 1.50 bits per heavy atom. The zero-order valence-electron chi connectivity index (χ0n) is 8.06. The largest absolute Gasteiger partial charge is 0.228 e. The van der Waals surface area contributed by atoms with E-state index < -0.39 is 0 Å². The van der Waals surface area contributed by atoms with Crippen molar-refractivity contribution in [3.05, 3.63) is 28.7 Å². The van der Waals surface area contributed by atoms with Gasteiger partial charge in [-0.15, -0.1) is 16.7 Å². The van der Waals surface area contributed by atoms with Crippen LogP contribution in [0.2, 0.25) is 0 Å². The van der Waals surface area contributed by atoms with Crippen molar-refractivity contribution < 1.29 is 0 Å².